The average molecular weight is 335 g/mol. The molecule has 0 aromatic heterocycles. The molecule has 0 unspecified atom stereocenters. The van der Waals surface area contributed by atoms with E-state index in [0.29, 0.717) is 19.0 Å². The van der Waals surface area contributed by atoms with Crippen LogP contribution in [0, 0.1) is 5.92 Å². The number of carbonyl (C=O) groups excluding carboxylic acids is 2. The Morgan fingerprint density at radius 3 is 2.50 bits per heavy atom. The number of rotatable bonds is 6. The van der Waals surface area contributed by atoms with Crippen LogP contribution in [0.3, 0.4) is 0 Å². The number of carbonyl (C=O) groups is 2. The first kappa shape index (κ1) is 17.7. The van der Waals surface area contributed by atoms with E-state index in [2.05, 4.69) is 10.2 Å². The Hall–Kier alpha value is -1.10. The van der Waals surface area contributed by atoms with E-state index in [1.807, 2.05) is 4.90 Å². The van der Waals surface area contributed by atoms with Gasteiger partial charge in [0.15, 0.2) is 0 Å². The third kappa shape index (κ3) is 4.71. The topological polar surface area (TPSA) is 52.7 Å². The van der Waals surface area contributed by atoms with Gasteiger partial charge in [-0.3, -0.25) is 9.59 Å². The van der Waals surface area contributed by atoms with Crippen molar-refractivity contribution in [2.45, 2.75) is 70.3 Å². The summed E-state index contributed by atoms with van der Waals surface area (Å²) in [7, 11) is 0. The van der Waals surface area contributed by atoms with E-state index < -0.39 is 0 Å². The summed E-state index contributed by atoms with van der Waals surface area (Å²) in [6, 6.07) is 0.392. The molecule has 0 aromatic rings. The number of nitrogens with zero attached hydrogens (tertiary/aromatic N) is 2. The standard InChI is InChI=1S/C19H33N3O2/c23-18-14-16(15-22(18)17-8-3-1-4-9-17)19(24)20-10-7-13-21-11-5-2-6-12-21/h16-17H,1-15H2,(H,20,24)/t16-/m1/s1. The molecule has 1 atom stereocenters. The smallest absolute Gasteiger partial charge is 0.225 e. The predicted octanol–water partition coefficient (Wildman–Crippen LogP) is 2.16. The molecule has 2 saturated heterocycles. The fourth-order valence-corrected chi connectivity index (χ4v) is 4.49. The summed E-state index contributed by atoms with van der Waals surface area (Å²) < 4.78 is 0. The van der Waals surface area contributed by atoms with Gasteiger partial charge in [0, 0.05) is 25.6 Å². The molecule has 5 nitrogen and oxygen atoms in total. The highest BCUT2D eigenvalue weighted by Gasteiger charge is 2.37. The van der Waals surface area contributed by atoms with E-state index in [9.17, 15) is 9.59 Å². The zero-order valence-electron chi connectivity index (χ0n) is 15.0. The van der Waals surface area contributed by atoms with Gasteiger partial charge in [0.05, 0.1) is 5.92 Å². The van der Waals surface area contributed by atoms with Gasteiger partial charge in [0.1, 0.15) is 0 Å². The van der Waals surface area contributed by atoms with Crippen molar-refractivity contribution in [2.24, 2.45) is 5.92 Å². The van der Waals surface area contributed by atoms with Gasteiger partial charge >= 0.3 is 0 Å². The van der Waals surface area contributed by atoms with Crippen LogP contribution >= 0.6 is 0 Å². The van der Waals surface area contributed by atoms with E-state index in [-0.39, 0.29) is 17.7 Å². The van der Waals surface area contributed by atoms with Crippen molar-refractivity contribution >= 4 is 11.8 Å². The lowest BCUT2D eigenvalue weighted by atomic mass is 9.94. The molecule has 0 aromatic carbocycles. The Morgan fingerprint density at radius 1 is 1.04 bits per heavy atom. The molecule has 136 valence electrons. The third-order valence-corrected chi connectivity index (χ3v) is 5.94. The fraction of sp³-hybridized carbons (Fsp3) is 0.895. The second kappa shape index (κ2) is 8.84. The second-order valence-electron chi connectivity index (χ2n) is 7.79. The maximum absolute atomic E-state index is 12.4. The van der Waals surface area contributed by atoms with Gasteiger partial charge in [0.2, 0.25) is 11.8 Å². The molecule has 3 fully saturated rings. The average Bonchev–Trinajstić information content (AvgIpc) is 3.02. The quantitative estimate of drug-likeness (QED) is 0.757. The van der Waals surface area contributed by atoms with Crippen molar-refractivity contribution in [3.63, 3.8) is 0 Å². The molecule has 24 heavy (non-hydrogen) atoms. The van der Waals surface area contributed by atoms with E-state index in [4.69, 9.17) is 0 Å². The predicted molar refractivity (Wildman–Crippen MR) is 94.6 cm³/mol. The maximum Gasteiger partial charge on any atom is 0.225 e. The van der Waals surface area contributed by atoms with Gasteiger partial charge < -0.3 is 15.1 Å². The van der Waals surface area contributed by atoms with Crippen LogP contribution in [0.4, 0.5) is 0 Å². The van der Waals surface area contributed by atoms with Gasteiger partial charge in [-0.05, 0) is 51.7 Å². The number of likely N-dealkylation sites (tertiary alicyclic amines) is 2. The van der Waals surface area contributed by atoms with Crippen LogP contribution in [-0.4, -0.2) is 60.4 Å². The monoisotopic (exact) mass is 335 g/mol. The zero-order chi connectivity index (χ0) is 16.8. The second-order valence-corrected chi connectivity index (χ2v) is 7.79. The van der Waals surface area contributed by atoms with Crippen LogP contribution in [0.15, 0.2) is 0 Å². The SMILES string of the molecule is O=C(NCCCN1CCCCC1)[C@@H]1CC(=O)N(C2CCCCC2)C1. The minimum absolute atomic E-state index is 0.0836. The van der Waals surface area contributed by atoms with E-state index in [1.54, 1.807) is 0 Å². The highest BCUT2D eigenvalue weighted by atomic mass is 16.2. The molecule has 0 bridgehead atoms. The van der Waals surface area contributed by atoms with Gasteiger partial charge in [-0.1, -0.05) is 25.7 Å². The molecule has 2 amide bonds. The lowest BCUT2D eigenvalue weighted by molar-refractivity contribution is -0.130. The van der Waals surface area contributed by atoms with Crippen molar-refractivity contribution in [3.05, 3.63) is 0 Å². The minimum Gasteiger partial charge on any atom is -0.356 e. The molecular formula is C19H33N3O2. The summed E-state index contributed by atoms with van der Waals surface area (Å²) in [5.74, 6) is 0.144. The molecule has 1 saturated carbocycles. The summed E-state index contributed by atoms with van der Waals surface area (Å²) in [4.78, 5) is 29.1. The molecule has 0 spiro atoms. The Bertz CT molecular complexity index is 428. The van der Waals surface area contributed by atoms with Crippen LogP contribution in [-0.2, 0) is 9.59 Å². The molecule has 2 aliphatic heterocycles. The molecule has 0 radical (unpaired) electrons. The maximum atomic E-state index is 12.4. The molecule has 5 heteroatoms. The summed E-state index contributed by atoms with van der Waals surface area (Å²) in [6.45, 7) is 4.88. The zero-order valence-corrected chi connectivity index (χ0v) is 15.0. The number of piperidine rings is 1. The Morgan fingerprint density at radius 2 is 1.75 bits per heavy atom. The highest BCUT2D eigenvalue weighted by molar-refractivity contribution is 5.89. The van der Waals surface area contributed by atoms with Gasteiger partial charge in [-0.15, -0.1) is 0 Å². The van der Waals surface area contributed by atoms with E-state index >= 15 is 0 Å². The van der Waals surface area contributed by atoms with Crippen molar-refractivity contribution in [1.29, 1.82) is 0 Å². The first-order valence-corrected chi connectivity index (χ1v) is 10.0. The highest BCUT2D eigenvalue weighted by Crippen LogP contribution is 2.28. The molecule has 1 aliphatic carbocycles. The molecular weight excluding hydrogens is 302 g/mol. The van der Waals surface area contributed by atoms with Gasteiger partial charge in [0.25, 0.3) is 0 Å². The minimum atomic E-state index is -0.130. The Labute approximate surface area is 146 Å². The lowest BCUT2D eigenvalue weighted by Gasteiger charge is -2.31. The van der Waals surface area contributed by atoms with Crippen molar-refractivity contribution < 1.29 is 9.59 Å². The van der Waals surface area contributed by atoms with Crippen LogP contribution in [0.1, 0.15) is 64.2 Å². The first-order chi connectivity index (χ1) is 11.7. The Kier molecular flexibility index (Phi) is 6.52. The van der Waals surface area contributed by atoms with Crippen LogP contribution in [0.25, 0.3) is 0 Å². The molecule has 1 N–H and O–H groups in total. The normalized spacial score (nSPS) is 26.8. The van der Waals surface area contributed by atoms with Crippen LogP contribution in [0.5, 0.6) is 0 Å². The number of nitrogens with one attached hydrogen (secondary N) is 1. The van der Waals surface area contributed by atoms with Crippen molar-refractivity contribution in [1.82, 2.24) is 15.1 Å². The molecule has 3 rings (SSSR count). The molecule has 2 heterocycles. The summed E-state index contributed by atoms with van der Waals surface area (Å²) >= 11 is 0. The van der Waals surface area contributed by atoms with Gasteiger partial charge in [-0.2, -0.15) is 0 Å². The summed E-state index contributed by atoms with van der Waals surface area (Å²) in [6.07, 6.45) is 11.4. The Balaban J connectivity index is 1.35. The van der Waals surface area contributed by atoms with E-state index in [1.165, 1.54) is 51.6 Å². The van der Waals surface area contributed by atoms with Gasteiger partial charge in [-0.25, -0.2) is 0 Å². The van der Waals surface area contributed by atoms with Crippen LogP contribution in [0.2, 0.25) is 0 Å². The lowest BCUT2D eigenvalue weighted by Crippen LogP contribution is -2.39. The summed E-state index contributed by atoms with van der Waals surface area (Å²) in [5.41, 5.74) is 0. The van der Waals surface area contributed by atoms with Crippen molar-refractivity contribution in [2.75, 3.05) is 32.7 Å². The number of hydrogen-bond donors (Lipinski definition) is 1. The number of amides is 2. The fourth-order valence-electron chi connectivity index (χ4n) is 4.49. The largest absolute Gasteiger partial charge is 0.356 e. The van der Waals surface area contributed by atoms with E-state index in [0.717, 1.165) is 32.4 Å². The third-order valence-electron chi connectivity index (χ3n) is 5.94. The van der Waals surface area contributed by atoms with Crippen molar-refractivity contribution in [3.8, 4) is 0 Å². The first-order valence-electron chi connectivity index (χ1n) is 10.0. The molecule has 3 aliphatic rings. The summed E-state index contributed by atoms with van der Waals surface area (Å²) in [5, 5.41) is 3.06. The number of hydrogen-bond acceptors (Lipinski definition) is 3. The van der Waals surface area contributed by atoms with Crippen LogP contribution < -0.4 is 5.32 Å².